The molecule has 0 N–H and O–H groups in total. The number of rotatable bonds is 5. The van der Waals surface area contributed by atoms with Crippen molar-refractivity contribution < 1.29 is 13.9 Å². The molecule has 1 aromatic carbocycles. The maximum absolute atomic E-state index is 13.1. The van der Waals surface area contributed by atoms with Crippen LogP contribution in [0, 0.1) is 12.7 Å². The average Bonchev–Trinajstić information content (AvgIpc) is 2.96. The van der Waals surface area contributed by atoms with Crippen molar-refractivity contribution in [2.24, 2.45) is 0 Å². The van der Waals surface area contributed by atoms with Crippen LogP contribution in [0.15, 0.2) is 42.9 Å². The van der Waals surface area contributed by atoms with E-state index in [0.29, 0.717) is 18.4 Å². The van der Waals surface area contributed by atoms with E-state index in [-0.39, 0.29) is 11.5 Å². The Morgan fingerprint density at radius 3 is 2.91 bits per heavy atom. The molecule has 0 spiro atoms. The van der Waals surface area contributed by atoms with Gasteiger partial charge in [0.25, 0.3) is 0 Å². The van der Waals surface area contributed by atoms with Crippen molar-refractivity contribution in [2.75, 3.05) is 6.61 Å². The normalized spacial score (nSPS) is 10.9. The summed E-state index contributed by atoms with van der Waals surface area (Å²) in [5.74, 6) is 0.128. The summed E-state index contributed by atoms with van der Waals surface area (Å²) in [7, 11) is 0. The second kappa shape index (κ2) is 6.56. The summed E-state index contributed by atoms with van der Waals surface area (Å²) >= 11 is 0. The minimum Gasteiger partial charge on any atom is -0.461 e. The van der Waals surface area contributed by atoms with Gasteiger partial charge in [0.1, 0.15) is 17.3 Å². The van der Waals surface area contributed by atoms with Gasteiger partial charge in [0, 0.05) is 30.5 Å². The maximum atomic E-state index is 13.1. The zero-order chi connectivity index (χ0) is 16.2. The number of aryl methyl sites for hydroxylation is 2. The highest BCUT2D eigenvalue weighted by atomic mass is 19.1. The summed E-state index contributed by atoms with van der Waals surface area (Å²) < 4.78 is 20.3. The van der Waals surface area contributed by atoms with Gasteiger partial charge in [0.15, 0.2) is 0 Å². The van der Waals surface area contributed by atoms with Gasteiger partial charge in [-0.3, -0.25) is 0 Å². The Bertz CT molecular complexity index is 845. The third-order valence-corrected chi connectivity index (χ3v) is 3.59. The molecule has 0 aliphatic heterocycles. The molecule has 3 aromatic rings. The number of benzene rings is 1. The van der Waals surface area contributed by atoms with Crippen LogP contribution in [0.4, 0.5) is 4.39 Å². The van der Waals surface area contributed by atoms with Crippen LogP contribution in [0.2, 0.25) is 0 Å². The maximum Gasteiger partial charge on any atom is 0.356 e. The highest BCUT2D eigenvalue weighted by Crippen LogP contribution is 2.16. The minimum absolute atomic E-state index is 0.225. The predicted octanol–water partition coefficient (Wildman–Crippen LogP) is 3.13. The predicted molar refractivity (Wildman–Crippen MR) is 83.6 cm³/mol. The van der Waals surface area contributed by atoms with E-state index in [0.717, 1.165) is 17.8 Å². The van der Waals surface area contributed by atoms with E-state index >= 15 is 0 Å². The van der Waals surface area contributed by atoms with Crippen molar-refractivity contribution >= 4 is 16.7 Å². The van der Waals surface area contributed by atoms with Gasteiger partial charge in [-0.25, -0.2) is 19.2 Å². The molecular weight excluding hydrogens is 297 g/mol. The molecule has 0 saturated carbocycles. The van der Waals surface area contributed by atoms with Crippen molar-refractivity contribution in [1.82, 2.24) is 14.5 Å². The Hall–Kier alpha value is -2.76. The molecule has 118 valence electrons. The van der Waals surface area contributed by atoms with Gasteiger partial charge in [-0.1, -0.05) is 6.07 Å². The van der Waals surface area contributed by atoms with Crippen molar-refractivity contribution in [2.45, 2.75) is 19.9 Å². The third-order valence-electron chi connectivity index (χ3n) is 3.59. The standard InChI is InChI=1S/C17H16FN3O2/c1-12-19-5-7-21(12)6-2-8-23-17(22)16-10-13-3-4-15(18)9-14(13)11-20-16/h3-5,7,9-11H,2,6,8H2,1H3. The van der Waals surface area contributed by atoms with Crippen LogP contribution in [-0.2, 0) is 11.3 Å². The third kappa shape index (κ3) is 3.53. The lowest BCUT2D eigenvalue weighted by molar-refractivity contribution is 0.0489. The fraction of sp³-hybridized carbons (Fsp3) is 0.235. The van der Waals surface area contributed by atoms with Crippen LogP contribution < -0.4 is 0 Å². The molecule has 0 amide bonds. The van der Waals surface area contributed by atoms with Crippen molar-refractivity contribution in [3.63, 3.8) is 0 Å². The number of fused-ring (bicyclic) bond motifs is 1. The average molecular weight is 313 g/mol. The first-order valence-corrected chi connectivity index (χ1v) is 7.33. The number of hydrogen-bond acceptors (Lipinski definition) is 4. The fourth-order valence-electron chi connectivity index (χ4n) is 2.34. The molecule has 2 aromatic heterocycles. The molecule has 6 heteroatoms. The van der Waals surface area contributed by atoms with Gasteiger partial charge in [-0.15, -0.1) is 0 Å². The van der Waals surface area contributed by atoms with Crippen LogP contribution in [0.5, 0.6) is 0 Å². The van der Waals surface area contributed by atoms with Crippen molar-refractivity contribution in [3.8, 4) is 0 Å². The molecular formula is C17H16FN3O2. The summed E-state index contributed by atoms with van der Waals surface area (Å²) in [4.78, 5) is 20.2. The van der Waals surface area contributed by atoms with E-state index < -0.39 is 5.97 Å². The molecule has 2 heterocycles. The minimum atomic E-state index is -0.474. The molecule has 0 saturated heterocycles. The SMILES string of the molecule is Cc1nccn1CCCOC(=O)c1cc2ccc(F)cc2cn1. The Morgan fingerprint density at radius 1 is 1.26 bits per heavy atom. The lowest BCUT2D eigenvalue weighted by atomic mass is 10.1. The number of carbonyl (C=O) groups is 1. The smallest absolute Gasteiger partial charge is 0.356 e. The summed E-state index contributed by atoms with van der Waals surface area (Å²) in [5, 5.41) is 1.40. The Morgan fingerprint density at radius 2 is 2.13 bits per heavy atom. The lowest BCUT2D eigenvalue weighted by Crippen LogP contribution is -2.10. The first-order chi connectivity index (χ1) is 11.1. The quantitative estimate of drug-likeness (QED) is 0.536. The number of halogens is 1. The van der Waals surface area contributed by atoms with Gasteiger partial charge in [-0.05, 0) is 36.9 Å². The van der Waals surface area contributed by atoms with Gasteiger partial charge < -0.3 is 9.30 Å². The summed E-state index contributed by atoms with van der Waals surface area (Å²) in [6.07, 6.45) is 5.80. The van der Waals surface area contributed by atoms with Crippen LogP contribution >= 0.6 is 0 Å². The van der Waals surface area contributed by atoms with E-state index in [1.54, 1.807) is 18.3 Å². The molecule has 3 rings (SSSR count). The number of aromatic nitrogens is 3. The Kier molecular flexibility index (Phi) is 4.32. The Balaban J connectivity index is 1.57. The van der Waals surface area contributed by atoms with Crippen LogP contribution in [0.1, 0.15) is 22.7 Å². The molecule has 0 aliphatic carbocycles. The van der Waals surface area contributed by atoms with Gasteiger partial charge >= 0.3 is 5.97 Å². The van der Waals surface area contributed by atoms with E-state index in [9.17, 15) is 9.18 Å². The molecule has 0 unspecified atom stereocenters. The number of esters is 1. The molecule has 0 fully saturated rings. The first kappa shape index (κ1) is 15.1. The second-order valence-electron chi connectivity index (χ2n) is 5.22. The summed E-state index contributed by atoms with van der Waals surface area (Å²) in [5.41, 5.74) is 0.225. The van der Waals surface area contributed by atoms with Crippen LogP contribution in [-0.4, -0.2) is 27.1 Å². The number of ether oxygens (including phenoxy) is 1. The Labute approximate surface area is 132 Å². The summed E-state index contributed by atoms with van der Waals surface area (Å²) in [6.45, 7) is 2.97. The highest BCUT2D eigenvalue weighted by molar-refractivity contribution is 5.92. The monoisotopic (exact) mass is 313 g/mol. The van der Waals surface area contributed by atoms with Gasteiger partial charge in [0.05, 0.1) is 6.61 Å². The largest absolute Gasteiger partial charge is 0.461 e. The van der Waals surface area contributed by atoms with Crippen molar-refractivity contribution in [1.29, 1.82) is 0 Å². The zero-order valence-electron chi connectivity index (χ0n) is 12.7. The number of hydrogen-bond donors (Lipinski definition) is 0. The molecule has 0 aliphatic rings. The molecule has 0 bridgehead atoms. The van der Waals surface area contributed by atoms with Crippen LogP contribution in [0.3, 0.4) is 0 Å². The number of pyridine rings is 1. The van der Waals surface area contributed by atoms with E-state index in [4.69, 9.17) is 4.74 Å². The highest BCUT2D eigenvalue weighted by Gasteiger charge is 2.10. The topological polar surface area (TPSA) is 57.0 Å². The van der Waals surface area contributed by atoms with E-state index in [1.165, 1.54) is 18.3 Å². The van der Waals surface area contributed by atoms with E-state index in [2.05, 4.69) is 9.97 Å². The zero-order valence-corrected chi connectivity index (χ0v) is 12.7. The van der Waals surface area contributed by atoms with Gasteiger partial charge in [-0.2, -0.15) is 0 Å². The first-order valence-electron chi connectivity index (χ1n) is 7.33. The molecule has 0 radical (unpaired) electrons. The van der Waals surface area contributed by atoms with E-state index in [1.807, 2.05) is 17.7 Å². The van der Waals surface area contributed by atoms with Crippen molar-refractivity contribution in [3.05, 3.63) is 60.2 Å². The molecule has 23 heavy (non-hydrogen) atoms. The number of carbonyl (C=O) groups excluding carboxylic acids is 1. The number of imidazole rings is 1. The second-order valence-corrected chi connectivity index (χ2v) is 5.22. The van der Waals surface area contributed by atoms with Gasteiger partial charge in [0.2, 0.25) is 0 Å². The summed E-state index contributed by atoms with van der Waals surface area (Å²) in [6, 6.07) is 5.96. The molecule has 0 atom stereocenters. The number of nitrogens with zero attached hydrogens (tertiary/aromatic N) is 3. The lowest BCUT2D eigenvalue weighted by Gasteiger charge is -2.07. The molecule has 5 nitrogen and oxygen atoms in total. The van der Waals surface area contributed by atoms with Crippen LogP contribution in [0.25, 0.3) is 10.8 Å². The fourth-order valence-corrected chi connectivity index (χ4v) is 2.34.